The van der Waals surface area contributed by atoms with Gasteiger partial charge in [0.25, 0.3) is 0 Å². The molecule has 0 bridgehead atoms. The fourth-order valence-corrected chi connectivity index (χ4v) is 6.03. The molecule has 240 valence electrons. The van der Waals surface area contributed by atoms with Crippen LogP contribution in [0.3, 0.4) is 0 Å². The molecule has 0 aliphatic carbocycles. The molecule has 9 nitrogen and oxygen atoms in total. The second kappa shape index (κ2) is 13.8. The molecular formula is C32H30F4N6O3S. The fourth-order valence-electron chi connectivity index (χ4n) is 5.08. The Bertz CT molecular complexity index is 1870. The number of nitrogens with zero attached hydrogens (tertiary/aromatic N) is 3. The van der Waals surface area contributed by atoms with Crippen molar-refractivity contribution in [2.24, 2.45) is 0 Å². The first kappa shape index (κ1) is 32.7. The van der Waals surface area contributed by atoms with Crippen LogP contribution >= 0.6 is 11.3 Å². The van der Waals surface area contributed by atoms with E-state index in [0.29, 0.717) is 38.7 Å². The standard InChI is InChI=1S/C32H30F4N6O3S/c1-5-25(43)39-17(2)23-13-24(42-41-23)29-27(26(22(34)6-8-33)18(3)45-10-9-44-4)30-21(7-11-46-30)28(40-29)19-12-20-14-37-16-32(35,36)31(20)38-15-19/h5-8,11-13,15,17,37H,1,3,9-10,14,16H2,2,4H3,(H,39,43)(H,41,42)/b8-6+,26-22-/t17-/m1/s1. The van der Waals surface area contributed by atoms with Gasteiger partial charge in [-0.25, -0.2) is 13.8 Å². The summed E-state index contributed by atoms with van der Waals surface area (Å²) >= 11 is 1.26. The van der Waals surface area contributed by atoms with Crippen LogP contribution in [0.4, 0.5) is 17.6 Å². The second-order valence-corrected chi connectivity index (χ2v) is 11.2. The number of allylic oxidation sites excluding steroid dienone is 3. The van der Waals surface area contributed by atoms with Crippen LogP contribution in [0.25, 0.3) is 38.3 Å². The maximum Gasteiger partial charge on any atom is 0.302 e. The highest BCUT2D eigenvalue weighted by Crippen LogP contribution is 2.45. The molecule has 1 atom stereocenters. The predicted octanol–water partition coefficient (Wildman–Crippen LogP) is 6.65. The van der Waals surface area contributed by atoms with E-state index in [-0.39, 0.29) is 60.1 Å². The van der Waals surface area contributed by atoms with Crippen molar-refractivity contribution in [1.82, 2.24) is 30.8 Å². The number of rotatable bonds is 12. The molecule has 0 radical (unpaired) electrons. The molecule has 0 fully saturated rings. The van der Waals surface area contributed by atoms with E-state index in [2.05, 4.69) is 39.0 Å². The first-order valence-corrected chi connectivity index (χ1v) is 14.9. The topological polar surface area (TPSA) is 114 Å². The number of hydrogen-bond acceptors (Lipinski definition) is 8. The molecule has 1 aliphatic rings. The van der Waals surface area contributed by atoms with Gasteiger partial charge < -0.3 is 20.1 Å². The van der Waals surface area contributed by atoms with Gasteiger partial charge in [-0.05, 0) is 42.1 Å². The monoisotopic (exact) mass is 654 g/mol. The molecule has 3 N–H and O–H groups in total. The number of aromatic amines is 1. The highest BCUT2D eigenvalue weighted by atomic mass is 32.1. The first-order valence-electron chi connectivity index (χ1n) is 14.1. The van der Waals surface area contributed by atoms with Gasteiger partial charge in [0.1, 0.15) is 35.3 Å². The number of thiophene rings is 1. The predicted molar refractivity (Wildman–Crippen MR) is 168 cm³/mol. The van der Waals surface area contributed by atoms with E-state index in [1.165, 1.54) is 24.6 Å². The number of aromatic nitrogens is 4. The molecule has 1 aliphatic heterocycles. The normalized spacial score (nSPS) is 15.3. The number of amides is 1. The van der Waals surface area contributed by atoms with Gasteiger partial charge in [-0.3, -0.25) is 14.9 Å². The number of H-pyrrole nitrogens is 1. The number of hydrogen-bond donors (Lipinski definition) is 3. The van der Waals surface area contributed by atoms with Crippen LogP contribution in [0.5, 0.6) is 0 Å². The lowest BCUT2D eigenvalue weighted by Crippen LogP contribution is -2.37. The molecule has 4 aromatic heterocycles. The van der Waals surface area contributed by atoms with Crippen molar-refractivity contribution < 1.29 is 31.8 Å². The zero-order valence-corrected chi connectivity index (χ0v) is 25.7. The lowest BCUT2D eigenvalue weighted by molar-refractivity contribution is -0.117. The lowest BCUT2D eigenvalue weighted by atomic mass is 9.95. The summed E-state index contributed by atoms with van der Waals surface area (Å²) in [6.07, 6.45) is 3.17. The summed E-state index contributed by atoms with van der Waals surface area (Å²) in [5.41, 5.74) is 1.78. The van der Waals surface area contributed by atoms with Crippen molar-refractivity contribution in [3.63, 3.8) is 0 Å². The summed E-state index contributed by atoms with van der Waals surface area (Å²) in [6.45, 7) is 9.00. The smallest absolute Gasteiger partial charge is 0.302 e. The molecule has 5 rings (SSSR count). The van der Waals surface area contributed by atoms with Crippen LogP contribution in [0, 0.1) is 0 Å². The Balaban J connectivity index is 1.77. The maximum atomic E-state index is 15.8. The van der Waals surface area contributed by atoms with E-state index in [4.69, 9.17) is 14.5 Å². The summed E-state index contributed by atoms with van der Waals surface area (Å²) in [4.78, 5) is 21.0. The van der Waals surface area contributed by atoms with Crippen LogP contribution in [-0.2, 0) is 26.7 Å². The Hall–Kier alpha value is -4.66. The van der Waals surface area contributed by atoms with Crippen molar-refractivity contribution >= 4 is 32.9 Å². The maximum absolute atomic E-state index is 15.8. The largest absolute Gasteiger partial charge is 0.491 e. The number of halogens is 4. The molecule has 46 heavy (non-hydrogen) atoms. The SMILES string of the molecule is C=CC(=O)N[C@H](C)c1cc(-c2nc(-c3cnc4c(c3)CNCC4(F)F)c3ccsc3c2/C(C(=C)OCCOC)=C(F)/C=C/F)n[nH]1. The lowest BCUT2D eigenvalue weighted by Gasteiger charge is -2.25. The van der Waals surface area contributed by atoms with Crippen molar-refractivity contribution in [1.29, 1.82) is 0 Å². The van der Waals surface area contributed by atoms with E-state index in [0.717, 1.165) is 6.08 Å². The molecule has 0 saturated carbocycles. The minimum atomic E-state index is -3.14. The van der Waals surface area contributed by atoms with E-state index < -0.39 is 30.2 Å². The van der Waals surface area contributed by atoms with Gasteiger partial charge in [-0.2, -0.15) is 13.9 Å². The quantitative estimate of drug-likeness (QED) is 0.0516. The minimum absolute atomic E-state index is 0.0341. The molecule has 0 unspecified atom stereocenters. The van der Waals surface area contributed by atoms with Crippen molar-refractivity contribution in [2.45, 2.75) is 25.4 Å². The summed E-state index contributed by atoms with van der Waals surface area (Å²) in [7, 11) is 1.48. The zero-order valence-electron chi connectivity index (χ0n) is 24.9. The first-order chi connectivity index (χ1) is 22.1. The van der Waals surface area contributed by atoms with E-state index >= 15 is 4.39 Å². The molecule has 1 amide bonds. The van der Waals surface area contributed by atoms with Crippen LogP contribution in [0.15, 0.2) is 73.0 Å². The van der Waals surface area contributed by atoms with Crippen molar-refractivity contribution in [2.75, 3.05) is 26.9 Å². The fraction of sp³-hybridized carbons (Fsp3) is 0.250. The van der Waals surface area contributed by atoms with Gasteiger partial charge in [0.2, 0.25) is 5.91 Å². The highest BCUT2D eigenvalue weighted by Gasteiger charge is 2.38. The van der Waals surface area contributed by atoms with Crippen LogP contribution < -0.4 is 10.6 Å². The van der Waals surface area contributed by atoms with Crippen LogP contribution in [0.1, 0.15) is 35.5 Å². The van der Waals surface area contributed by atoms with E-state index in [1.807, 2.05) is 0 Å². The molecule has 0 saturated heterocycles. The summed E-state index contributed by atoms with van der Waals surface area (Å²) in [5, 5.41) is 15.1. The van der Waals surface area contributed by atoms with Gasteiger partial charge in [0.05, 0.1) is 42.5 Å². The third-order valence-corrected chi connectivity index (χ3v) is 8.18. The summed E-state index contributed by atoms with van der Waals surface area (Å²) in [5.74, 6) is -4.63. The van der Waals surface area contributed by atoms with Gasteiger partial charge >= 0.3 is 5.92 Å². The number of alkyl halides is 2. The Morgan fingerprint density at radius 1 is 1.28 bits per heavy atom. The van der Waals surface area contributed by atoms with Gasteiger partial charge in [0, 0.05) is 47.1 Å². The van der Waals surface area contributed by atoms with E-state index in [9.17, 15) is 18.0 Å². The van der Waals surface area contributed by atoms with Gasteiger partial charge in [-0.15, -0.1) is 11.3 Å². The average Bonchev–Trinajstić information content (AvgIpc) is 3.72. The third-order valence-electron chi connectivity index (χ3n) is 7.25. The minimum Gasteiger partial charge on any atom is -0.491 e. The molecule has 14 heteroatoms. The number of carbonyl (C=O) groups excluding carboxylic acids is 1. The number of pyridine rings is 2. The Morgan fingerprint density at radius 2 is 2.09 bits per heavy atom. The highest BCUT2D eigenvalue weighted by molar-refractivity contribution is 7.17. The zero-order chi connectivity index (χ0) is 33.0. The molecule has 0 aromatic carbocycles. The van der Waals surface area contributed by atoms with Crippen LogP contribution in [0.2, 0.25) is 0 Å². The number of ether oxygens (including phenoxy) is 2. The number of carbonyl (C=O) groups is 1. The van der Waals surface area contributed by atoms with Gasteiger partial charge in [0.15, 0.2) is 0 Å². The molecule has 5 heterocycles. The van der Waals surface area contributed by atoms with E-state index in [1.54, 1.807) is 30.5 Å². The van der Waals surface area contributed by atoms with Crippen molar-refractivity contribution in [3.8, 4) is 22.6 Å². The van der Waals surface area contributed by atoms with Crippen molar-refractivity contribution in [3.05, 3.63) is 95.5 Å². The third kappa shape index (κ3) is 6.50. The average molecular weight is 655 g/mol. The number of fused-ring (bicyclic) bond motifs is 2. The second-order valence-electron chi connectivity index (χ2n) is 10.3. The summed E-state index contributed by atoms with van der Waals surface area (Å²) in [6, 6.07) is 4.48. The number of methoxy groups -OCH3 is 1. The molecular weight excluding hydrogens is 624 g/mol. The molecule has 4 aromatic rings. The number of nitrogens with one attached hydrogen (secondary N) is 3. The van der Waals surface area contributed by atoms with Gasteiger partial charge in [-0.1, -0.05) is 13.2 Å². The van der Waals surface area contributed by atoms with Crippen LogP contribution in [-0.4, -0.2) is 52.9 Å². The summed E-state index contributed by atoms with van der Waals surface area (Å²) < 4.78 is 69.6. The Labute approximate surface area is 265 Å². The Morgan fingerprint density at radius 3 is 2.83 bits per heavy atom. The molecule has 0 spiro atoms. The Kier molecular flexibility index (Phi) is 9.79.